The van der Waals surface area contributed by atoms with Crippen LogP contribution in [0.25, 0.3) is 0 Å². The Morgan fingerprint density at radius 1 is 1.33 bits per heavy atom. The smallest absolute Gasteiger partial charge is 0.256 e. The van der Waals surface area contributed by atoms with Crippen molar-refractivity contribution in [3.05, 3.63) is 17.8 Å². The van der Waals surface area contributed by atoms with Crippen LogP contribution in [0.2, 0.25) is 0 Å². The van der Waals surface area contributed by atoms with Crippen LogP contribution in [0.15, 0.2) is 12.1 Å². The van der Waals surface area contributed by atoms with Crippen LogP contribution in [0.4, 0.5) is 5.69 Å². The lowest BCUT2D eigenvalue weighted by atomic mass is 9.98. The highest BCUT2D eigenvalue weighted by Crippen LogP contribution is 2.42. The predicted molar refractivity (Wildman–Crippen MR) is 92.3 cm³/mol. The molecule has 1 heterocycles. The number of aromatic nitrogens is 1. The lowest BCUT2D eigenvalue weighted by molar-refractivity contribution is -0.142. The Balaban J connectivity index is 2.02. The van der Waals surface area contributed by atoms with Gasteiger partial charge in [-0.15, -0.1) is 0 Å². The summed E-state index contributed by atoms with van der Waals surface area (Å²) in [6.07, 6.45) is 2.97. The number of anilines is 1. The van der Waals surface area contributed by atoms with Gasteiger partial charge in [0.1, 0.15) is 12.2 Å². The molecule has 1 saturated carbocycles. The summed E-state index contributed by atoms with van der Waals surface area (Å²) in [5.74, 6) is 0.722. The minimum absolute atomic E-state index is 0.101. The Hall–Kier alpha value is -1.66. The predicted octanol–water partition coefficient (Wildman–Crippen LogP) is 2.95. The number of amides is 1. The normalized spacial score (nSPS) is 16.5. The van der Waals surface area contributed by atoms with Gasteiger partial charge in [-0.05, 0) is 45.1 Å². The highest BCUT2D eigenvalue weighted by atomic mass is 16.5. The van der Waals surface area contributed by atoms with Crippen molar-refractivity contribution in [3.8, 4) is 5.88 Å². The van der Waals surface area contributed by atoms with Crippen molar-refractivity contribution < 1.29 is 19.0 Å². The van der Waals surface area contributed by atoms with Crippen molar-refractivity contribution in [2.45, 2.75) is 45.6 Å². The van der Waals surface area contributed by atoms with E-state index in [0.29, 0.717) is 43.0 Å². The Kier molecular flexibility index (Phi) is 6.57. The molecule has 134 valence electrons. The van der Waals surface area contributed by atoms with Gasteiger partial charge in [-0.2, -0.15) is 0 Å². The van der Waals surface area contributed by atoms with Gasteiger partial charge in [-0.1, -0.05) is 6.92 Å². The van der Waals surface area contributed by atoms with Crippen LogP contribution >= 0.6 is 0 Å². The fraction of sp³-hybridized carbons (Fsp3) is 0.667. The van der Waals surface area contributed by atoms with Gasteiger partial charge in [0, 0.05) is 19.8 Å². The summed E-state index contributed by atoms with van der Waals surface area (Å²) in [6.45, 7) is 7.32. The average Bonchev–Trinajstić information content (AvgIpc) is 3.40. The molecule has 24 heavy (non-hydrogen) atoms. The molecule has 0 spiro atoms. The first-order valence-corrected chi connectivity index (χ1v) is 8.56. The minimum Gasteiger partial charge on any atom is -0.475 e. The number of hydrogen-bond acceptors (Lipinski definition) is 5. The topological polar surface area (TPSA) is 69.7 Å². The highest BCUT2D eigenvalue weighted by molar-refractivity contribution is 5.98. The number of rotatable bonds is 10. The summed E-state index contributed by atoms with van der Waals surface area (Å²) in [5.41, 5.74) is 0.633. The fourth-order valence-electron chi connectivity index (χ4n) is 2.54. The zero-order chi connectivity index (χ0) is 17.6. The van der Waals surface area contributed by atoms with Crippen LogP contribution in [-0.2, 0) is 14.3 Å². The van der Waals surface area contributed by atoms with E-state index in [1.54, 1.807) is 13.2 Å². The Labute approximate surface area is 143 Å². The fourth-order valence-corrected chi connectivity index (χ4v) is 2.54. The number of pyridine rings is 1. The number of carbonyl (C=O) groups excluding carboxylic acids is 1. The van der Waals surface area contributed by atoms with E-state index in [0.717, 1.165) is 19.3 Å². The van der Waals surface area contributed by atoms with E-state index in [2.05, 4.69) is 10.3 Å². The number of ether oxygens (including phenoxy) is 3. The maximum Gasteiger partial charge on any atom is 0.256 e. The molecule has 6 heteroatoms. The molecule has 0 unspecified atom stereocenters. The van der Waals surface area contributed by atoms with Crippen molar-refractivity contribution >= 4 is 11.6 Å². The summed E-state index contributed by atoms with van der Waals surface area (Å²) in [6, 6.07) is 3.56. The zero-order valence-electron chi connectivity index (χ0n) is 15.1. The molecule has 2 rings (SSSR count). The number of nitrogens with one attached hydrogen (secondary N) is 1. The molecule has 1 aliphatic rings. The summed E-state index contributed by atoms with van der Waals surface area (Å²) in [4.78, 5) is 17.1. The maximum absolute atomic E-state index is 12.8. The summed E-state index contributed by atoms with van der Waals surface area (Å²) >= 11 is 0. The molecule has 0 saturated heterocycles. The SMILES string of the molecule is CCCO[C@@](C)(C(=O)Nc1ccc(OCCOC)nc1C)C1CC1. The van der Waals surface area contributed by atoms with Gasteiger partial charge in [-0.3, -0.25) is 4.79 Å². The summed E-state index contributed by atoms with van der Waals surface area (Å²) < 4.78 is 16.3. The van der Waals surface area contributed by atoms with Crippen molar-refractivity contribution in [1.82, 2.24) is 4.98 Å². The van der Waals surface area contributed by atoms with E-state index in [1.807, 2.05) is 26.8 Å². The standard InChI is InChI=1S/C18H28N2O4/c1-5-10-24-18(3,14-6-7-14)17(21)20-15-8-9-16(19-13(15)2)23-12-11-22-4/h8-9,14H,5-7,10-12H2,1-4H3,(H,20,21)/t18-/m1/s1. The van der Waals surface area contributed by atoms with Crippen molar-refractivity contribution in [2.75, 3.05) is 32.2 Å². The second-order valence-corrected chi connectivity index (χ2v) is 6.31. The van der Waals surface area contributed by atoms with E-state index >= 15 is 0 Å². The number of nitrogens with zero attached hydrogens (tertiary/aromatic N) is 1. The second-order valence-electron chi connectivity index (χ2n) is 6.31. The van der Waals surface area contributed by atoms with E-state index in [-0.39, 0.29) is 5.91 Å². The van der Waals surface area contributed by atoms with Crippen molar-refractivity contribution in [1.29, 1.82) is 0 Å². The van der Waals surface area contributed by atoms with Gasteiger partial charge in [0.25, 0.3) is 5.91 Å². The molecule has 1 aromatic rings. The van der Waals surface area contributed by atoms with Gasteiger partial charge in [0.2, 0.25) is 5.88 Å². The first-order valence-electron chi connectivity index (χ1n) is 8.56. The van der Waals surface area contributed by atoms with Crippen LogP contribution in [0, 0.1) is 12.8 Å². The van der Waals surface area contributed by atoms with Gasteiger partial charge in [0.15, 0.2) is 0 Å². The number of hydrogen-bond donors (Lipinski definition) is 1. The molecule has 0 aromatic carbocycles. The Bertz CT molecular complexity index is 560. The Morgan fingerprint density at radius 2 is 2.08 bits per heavy atom. The molecule has 1 atom stereocenters. The van der Waals surface area contributed by atoms with E-state index < -0.39 is 5.60 Å². The van der Waals surface area contributed by atoms with Gasteiger partial charge >= 0.3 is 0 Å². The number of aryl methyl sites for hydroxylation is 1. The minimum atomic E-state index is -0.768. The van der Waals surface area contributed by atoms with Crippen LogP contribution in [0.1, 0.15) is 38.8 Å². The number of carbonyl (C=O) groups is 1. The highest BCUT2D eigenvalue weighted by Gasteiger charge is 2.48. The lowest BCUT2D eigenvalue weighted by Crippen LogP contribution is -2.45. The molecule has 1 aromatic heterocycles. The van der Waals surface area contributed by atoms with E-state index in [4.69, 9.17) is 14.2 Å². The summed E-state index contributed by atoms with van der Waals surface area (Å²) in [5, 5.41) is 2.97. The molecule has 0 radical (unpaired) electrons. The number of methoxy groups -OCH3 is 1. The monoisotopic (exact) mass is 336 g/mol. The van der Waals surface area contributed by atoms with Gasteiger partial charge in [-0.25, -0.2) is 4.98 Å². The summed E-state index contributed by atoms with van der Waals surface area (Å²) in [7, 11) is 1.62. The third-order valence-corrected chi connectivity index (χ3v) is 4.26. The molecule has 0 bridgehead atoms. The van der Waals surface area contributed by atoms with Crippen molar-refractivity contribution in [2.24, 2.45) is 5.92 Å². The quantitative estimate of drug-likeness (QED) is 0.665. The molecule has 0 aliphatic heterocycles. The van der Waals surface area contributed by atoms with Crippen LogP contribution < -0.4 is 10.1 Å². The first kappa shape index (κ1) is 18.7. The third kappa shape index (κ3) is 4.68. The lowest BCUT2D eigenvalue weighted by Gasteiger charge is -2.29. The first-order chi connectivity index (χ1) is 11.5. The average molecular weight is 336 g/mol. The van der Waals surface area contributed by atoms with E-state index in [1.165, 1.54) is 0 Å². The Morgan fingerprint density at radius 3 is 2.67 bits per heavy atom. The maximum atomic E-state index is 12.8. The largest absolute Gasteiger partial charge is 0.475 e. The molecular formula is C18H28N2O4. The van der Waals surface area contributed by atoms with Gasteiger partial charge < -0.3 is 19.5 Å². The molecule has 1 fully saturated rings. The van der Waals surface area contributed by atoms with E-state index in [9.17, 15) is 4.79 Å². The molecule has 1 amide bonds. The second kappa shape index (κ2) is 8.44. The third-order valence-electron chi connectivity index (χ3n) is 4.26. The van der Waals surface area contributed by atoms with Crippen LogP contribution in [0.3, 0.4) is 0 Å². The van der Waals surface area contributed by atoms with Crippen LogP contribution in [-0.4, -0.2) is 43.4 Å². The molecule has 6 nitrogen and oxygen atoms in total. The molecule has 1 aliphatic carbocycles. The van der Waals surface area contributed by atoms with Crippen molar-refractivity contribution in [3.63, 3.8) is 0 Å². The van der Waals surface area contributed by atoms with Gasteiger partial charge in [0.05, 0.1) is 18.0 Å². The molecular weight excluding hydrogens is 308 g/mol. The molecule has 1 N–H and O–H groups in total. The van der Waals surface area contributed by atoms with Crippen LogP contribution in [0.5, 0.6) is 5.88 Å². The zero-order valence-corrected chi connectivity index (χ0v) is 15.1.